The fourth-order valence-electron chi connectivity index (χ4n) is 3.29. The van der Waals surface area contributed by atoms with E-state index in [-0.39, 0.29) is 22.6 Å². The maximum Gasteiger partial charge on any atom is 0.459 e. The second kappa shape index (κ2) is 7.33. The molecule has 4 aromatic rings. The molecule has 3 aromatic heterocycles. The molecular weight excluding hydrogens is 439 g/mol. The van der Waals surface area contributed by atoms with Crippen LogP contribution in [0, 0.1) is 0 Å². The Hall–Kier alpha value is -2.95. The Balaban J connectivity index is 1.96. The first-order valence-corrected chi connectivity index (χ1v) is 10.4. The molecule has 3 heterocycles. The predicted molar refractivity (Wildman–Crippen MR) is 106 cm³/mol. The van der Waals surface area contributed by atoms with E-state index in [1.807, 2.05) is 12.1 Å². The predicted octanol–water partition coefficient (Wildman–Crippen LogP) is 4.97. The van der Waals surface area contributed by atoms with Crippen LogP contribution in [0.3, 0.4) is 0 Å². The van der Waals surface area contributed by atoms with Crippen molar-refractivity contribution in [2.45, 2.75) is 23.9 Å². The van der Waals surface area contributed by atoms with Crippen molar-refractivity contribution in [3.05, 3.63) is 48.4 Å². The Bertz CT molecular complexity index is 1330. The zero-order chi connectivity index (χ0) is 22.6. The molecule has 0 aliphatic carbocycles. The van der Waals surface area contributed by atoms with Crippen LogP contribution in [0.15, 0.2) is 47.6 Å². The lowest BCUT2D eigenvalue weighted by molar-refractivity contribution is -0.290. The lowest BCUT2D eigenvalue weighted by Crippen LogP contribution is -2.34. The van der Waals surface area contributed by atoms with E-state index in [1.165, 1.54) is 4.57 Å². The van der Waals surface area contributed by atoms with Gasteiger partial charge in [0.25, 0.3) is 0 Å². The molecule has 1 atom stereocenters. The molecule has 0 fully saturated rings. The van der Waals surface area contributed by atoms with Gasteiger partial charge >= 0.3 is 12.1 Å². The lowest BCUT2D eigenvalue weighted by atomic mass is 10.1. The first-order valence-electron chi connectivity index (χ1n) is 9.10. The Morgan fingerprint density at radius 2 is 1.77 bits per heavy atom. The van der Waals surface area contributed by atoms with Crippen LogP contribution >= 0.6 is 0 Å². The van der Waals surface area contributed by atoms with E-state index in [4.69, 9.17) is 0 Å². The molecule has 0 amide bonds. The molecule has 1 aromatic carbocycles. The molecule has 0 radical (unpaired) electrons. The van der Waals surface area contributed by atoms with Gasteiger partial charge < -0.3 is 4.57 Å². The first kappa shape index (κ1) is 21.3. The van der Waals surface area contributed by atoms with Crippen LogP contribution in [0.25, 0.3) is 33.3 Å². The molecule has 0 aliphatic rings. The topological polar surface area (TPSA) is 60.7 Å². The zero-order valence-electron chi connectivity index (χ0n) is 16.2. The van der Waals surface area contributed by atoms with E-state index in [2.05, 4.69) is 15.0 Å². The Kier molecular flexibility index (Phi) is 5.03. The van der Waals surface area contributed by atoms with Crippen molar-refractivity contribution in [1.29, 1.82) is 0 Å². The van der Waals surface area contributed by atoms with Crippen LogP contribution in [0.4, 0.5) is 22.0 Å². The normalized spacial score (nSPS) is 13.8. The highest BCUT2D eigenvalue weighted by Crippen LogP contribution is 2.43. The Labute approximate surface area is 175 Å². The average Bonchev–Trinajstić information content (AvgIpc) is 3.07. The number of aromatic nitrogens is 4. The van der Waals surface area contributed by atoms with Crippen molar-refractivity contribution < 1.29 is 26.2 Å². The third kappa shape index (κ3) is 3.36. The SMILES string of the molecule is CCS(=O)c1c(-c2nc3cc(C(F)(F)C(F)(F)F)ncc3n2C)ncc2ccccc12. The molecule has 11 heteroatoms. The summed E-state index contributed by atoms with van der Waals surface area (Å²) in [5.41, 5.74) is -1.04. The molecule has 0 spiro atoms. The summed E-state index contributed by atoms with van der Waals surface area (Å²) in [6.07, 6.45) is -3.30. The van der Waals surface area contributed by atoms with E-state index < -0.39 is 28.6 Å². The van der Waals surface area contributed by atoms with Crippen molar-refractivity contribution in [2.24, 2.45) is 7.05 Å². The molecular formula is C20H15F5N4OS. The fourth-order valence-corrected chi connectivity index (χ4v) is 4.37. The number of hydrogen-bond acceptors (Lipinski definition) is 4. The number of fused-ring (bicyclic) bond motifs is 2. The average molecular weight is 454 g/mol. The minimum atomic E-state index is -5.78. The molecule has 0 bridgehead atoms. The second-order valence-corrected chi connectivity index (χ2v) is 8.46. The molecule has 0 N–H and O–H groups in total. The van der Waals surface area contributed by atoms with Crippen LogP contribution in [0.1, 0.15) is 12.6 Å². The Morgan fingerprint density at radius 1 is 1.06 bits per heavy atom. The van der Waals surface area contributed by atoms with Crippen LogP contribution in [-0.2, 0) is 23.8 Å². The Morgan fingerprint density at radius 3 is 2.45 bits per heavy atom. The number of nitrogens with zero attached hydrogens (tertiary/aromatic N) is 4. The van der Waals surface area contributed by atoms with Crippen molar-refractivity contribution in [1.82, 2.24) is 19.5 Å². The summed E-state index contributed by atoms with van der Waals surface area (Å²) in [6, 6.07) is 7.81. The molecule has 0 saturated heterocycles. The van der Waals surface area contributed by atoms with Crippen molar-refractivity contribution >= 4 is 32.6 Å². The number of imidazole rings is 1. The van der Waals surface area contributed by atoms with Gasteiger partial charge in [-0.05, 0) is 6.07 Å². The summed E-state index contributed by atoms with van der Waals surface area (Å²) < 4.78 is 80.0. The molecule has 5 nitrogen and oxygen atoms in total. The van der Waals surface area contributed by atoms with Gasteiger partial charge in [-0.25, -0.2) is 4.98 Å². The molecule has 0 saturated carbocycles. The number of benzene rings is 1. The summed E-state index contributed by atoms with van der Waals surface area (Å²) >= 11 is 0. The third-order valence-corrected chi connectivity index (χ3v) is 6.29. The van der Waals surface area contributed by atoms with E-state index in [9.17, 15) is 26.2 Å². The van der Waals surface area contributed by atoms with Crippen LogP contribution < -0.4 is 0 Å². The van der Waals surface area contributed by atoms with Gasteiger partial charge in [0.2, 0.25) is 0 Å². The van der Waals surface area contributed by atoms with E-state index >= 15 is 0 Å². The van der Waals surface area contributed by atoms with Gasteiger partial charge in [0.05, 0.1) is 32.9 Å². The number of aryl methyl sites for hydroxylation is 1. The standard InChI is InChI=1S/C20H15F5N4OS/c1-3-31(30)17-12-7-5-4-6-11(12)9-27-16(17)18-28-13-8-15(19(21,22)20(23,24)25)26-10-14(13)29(18)2/h4-10H,3H2,1-2H3. The zero-order valence-corrected chi connectivity index (χ0v) is 17.1. The summed E-state index contributed by atoms with van der Waals surface area (Å²) in [5.74, 6) is -4.63. The van der Waals surface area contributed by atoms with Gasteiger partial charge in [0.15, 0.2) is 5.82 Å². The monoisotopic (exact) mass is 454 g/mol. The van der Waals surface area contributed by atoms with Gasteiger partial charge in [0.1, 0.15) is 11.4 Å². The highest BCUT2D eigenvalue weighted by molar-refractivity contribution is 7.85. The summed E-state index contributed by atoms with van der Waals surface area (Å²) in [6.45, 7) is 1.74. The number of rotatable bonds is 4. The quantitative estimate of drug-likeness (QED) is 0.409. The lowest BCUT2D eigenvalue weighted by Gasteiger charge is -2.18. The van der Waals surface area contributed by atoms with Gasteiger partial charge in [-0.2, -0.15) is 22.0 Å². The molecule has 31 heavy (non-hydrogen) atoms. The maximum atomic E-state index is 13.7. The highest BCUT2D eigenvalue weighted by Gasteiger charge is 2.60. The van der Waals surface area contributed by atoms with Crippen LogP contribution in [0.2, 0.25) is 0 Å². The van der Waals surface area contributed by atoms with Gasteiger partial charge in [-0.3, -0.25) is 14.2 Å². The molecule has 1 unspecified atom stereocenters. The number of pyridine rings is 2. The number of alkyl halides is 5. The summed E-state index contributed by atoms with van der Waals surface area (Å²) in [4.78, 5) is 12.4. The molecule has 162 valence electrons. The van der Waals surface area contributed by atoms with Crippen LogP contribution in [0.5, 0.6) is 0 Å². The van der Waals surface area contributed by atoms with Gasteiger partial charge in [-0.1, -0.05) is 31.2 Å². The second-order valence-electron chi connectivity index (χ2n) is 6.78. The van der Waals surface area contributed by atoms with E-state index in [1.54, 1.807) is 32.3 Å². The molecule has 0 aliphatic heterocycles. The fraction of sp³-hybridized carbons (Fsp3) is 0.250. The van der Waals surface area contributed by atoms with Crippen molar-refractivity contribution in [3.8, 4) is 11.5 Å². The summed E-state index contributed by atoms with van der Waals surface area (Å²) in [7, 11) is 0.122. The minimum absolute atomic E-state index is 0.102. The van der Waals surface area contributed by atoms with E-state index in [0.717, 1.165) is 11.6 Å². The smallest absolute Gasteiger partial charge is 0.325 e. The third-order valence-electron chi connectivity index (χ3n) is 4.90. The van der Waals surface area contributed by atoms with Crippen molar-refractivity contribution in [3.63, 3.8) is 0 Å². The van der Waals surface area contributed by atoms with Crippen LogP contribution in [-0.4, -0.2) is 35.7 Å². The van der Waals surface area contributed by atoms with Gasteiger partial charge in [-0.15, -0.1) is 0 Å². The first-order chi connectivity index (χ1) is 14.6. The van der Waals surface area contributed by atoms with E-state index in [0.29, 0.717) is 22.1 Å². The van der Waals surface area contributed by atoms with Gasteiger partial charge in [0, 0.05) is 29.8 Å². The molecule has 4 rings (SSSR count). The number of halogens is 5. The maximum absolute atomic E-state index is 13.7. The minimum Gasteiger partial charge on any atom is -0.325 e. The van der Waals surface area contributed by atoms with Crippen molar-refractivity contribution in [2.75, 3.05) is 5.75 Å². The largest absolute Gasteiger partial charge is 0.459 e. The highest BCUT2D eigenvalue weighted by atomic mass is 32.2. The summed E-state index contributed by atoms with van der Waals surface area (Å²) in [5, 5.41) is 1.46. The number of hydrogen-bond donors (Lipinski definition) is 0.